The van der Waals surface area contributed by atoms with Gasteiger partial charge in [0.05, 0.1) is 7.11 Å². The number of nitrogens with one attached hydrogen (secondary N) is 1. The second kappa shape index (κ2) is 7.35. The fraction of sp³-hybridized carbons (Fsp3) is 0.500. The first kappa shape index (κ1) is 16.4. The first-order valence-corrected chi connectivity index (χ1v) is 7.36. The van der Waals surface area contributed by atoms with E-state index in [2.05, 4.69) is 5.32 Å². The van der Waals surface area contributed by atoms with E-state index in [1.807, 2.05) is 0 Å². The molecule has 0 radical (unpaired) electrons. The molecule has 1 aromatic carbocycles. The van der Waals surface area contributed by atoms with E-state index in [9.17, 15) is 14.0 Å². The monoisotopic (exact) mass is 308 g/mol. The van der Waals surface area contributed by atoms with Crippen molar-refractivity contribution in [2.24, 2.45) is 0 Å². The highest BCUT2D eigenvalue weighted by atomic mass is 19.1. The number of methoxy groups -OCH3 is 1. The number of amides is 1. The molecule has 2 rings (SSSR count). The maximum atomic E-state index is 13.6. The van der Waals surface area contributed by atoms with Crippen molar-refractivity contribution in [3.8, 4) is 5.75 Å². The van der Waals surface area contributed by atoms with Crippen LogP contribution in [-0.4, -0.2) is 49.9 Å². The van der Waals surface area contributed by atoms with Gasteiger partial charge in [0.1, 0.15) is 0 Å². The first-order valence-electron chi connectivity index (χ1n) is 7.36. The van der Waals surface area contributed by atoms with Crippen LogP contribution in [-0.2, 0) is 4.79 Å². The summed E-state index contributed by atoms with van der Waals surface area (Å²) in [6.45, 7) is 1.70. The van der Waals surface area contributed by atoms with Gasteiger partial charge in [-0.05, 0) is 31.2 Å². The summed E-state index contributed by atoms with van der Waals surface area (Å²) in [6, 6.07) is 4.28. The van der Waals surface area contributed by atoms with Gasteiger partial charge in [0.2, 0.25) is 5.91 Å². The zero-order valence-electron chi connectivity index (χ0n) is 12.9. The third kappa shape index (κ3) is 3.82. The molecule has 0 saturated carbocycles. The highest BCUT2D eigenvalue weighted by Gasteiger charge is 2.23. The van der Waals surface area contributed by atoms with Crippen LogP contribution >= 0.6 is 0 Å². The molecule has 22 heavy (non-hydrogen) atoms. The Hall–Kier alpha value is -1.95. The van der Waals surface area contributed by atoms with Crippen molar-refractivity contribution in [2.45, 2.75) is 25.3 Å². The molecule has 1 amide bonds. The van der Waals surface area contributed by atoms with Gasteiger partial charge in [0.25, 0.3) is 0 Å². The predicted octanol–water partition coefficient (Wildman–Crippen LogP) is 1.62. The smallest absolute Gasteiger partial charge is 0.223 e. The van der Waals surface area contributed by atoms with Gasteiger partial charge in [0.15, 0.2) is 17.3 Å². The molecule has 1 aliphatic heterocycles. The summed E-state index contributed by atoms with van der Waals surface area (Å²) in [5.74, 6) is -0.779. The number of rotatable bonds is 6. The Labute approximate surface area is 129 Å². The third-order valence-corrected chi connectivity index (χ3v) is 4.02. The van der Waals surface area contributed by atoms with Crippen LogP contribution in [0.5, 0.6) is 5.75 Å². The SMILES string of the molecule is COc1ccc(C(=O)CCC(=O)N(C)C2CCNC2)cc1F. The Bertz CT molecular complexity index is 556. The van der Waals surface area contributed by atoms with E-state index in [1.165, 1.54) is 19.2 Å². The van der Waals surface area contributed by atoms with Crippen molar-refractivity contribution in [3.05, 3.63) is 29.6 Å². The fourth-order valence-electron chi connectivity index (χ4n) is 2.55. The van der Waals surface area contributed by atoms with Crippen LogP contribution in [0.25, 0.3) is 0 Å². The summed E-state index contributed by atoms with van der Waals surface area (Å²) in [4.78, 5) is 25.8. The van der Waals surface area contributed by atoms with E-state index in [-0.39, 0.29) is 41.9 Å². The maximum Gasteiger partial charge on any atom is 0.223 e. The van der Waals surface area contributed by atoms with Gasteiger partial charge in [0, 0.05) is 38.0 Å². The number of hydrogen-bond acceptors (Lipinski definition) is 4. The predicted molar refractivity (Wildman–Crippen MR) is 80.6 cm³/mol. The van der Waals surface area contributed by atoms with Crippen molar-refractivity contribution in [3.63, 3.8) is 0 Å². The Morgan fingerprint density at radius 1 is 1.41 bits per heavy atom. The topological polar surface area (TPSA) is 58.6 Å². The number of nitrogens with zero attached hydrogens (tertiary/aromatic N) is 1. The Morgan fingerprint density at radius 3 is 2.77 bits per heavy atom. The molecule has 1 saturated heterocycles. The normalized spacial score (nSPS) is 17.3. The standard InChI is InChI=1S/C16H21FN2O3/c1-19(12-7-8-18-10-12)16(21)6-4-14(20)11-3-5-15(22-2)13(17)9-11/h3,5,9,12,18H,4,6-8,10H2,1-2H3. The molecule has 1 unspecified atom stereocenters. The van der Waals surface area contributed by atoms with Crippen molar-refractivity contribution >= 4 is 11.7 Å². The molecule has 1 fully saturated rings. The third-order valence-electron chi connectivity index (χ3n) is 4.02. The van der Waals surface area contributed by atoms with E-state index in [4.69, 9.17) is 4.74 Å². The average molecular weight is 308 g/mol. The number of carbonyl (C=O) groups excluding carboxylic acids is 2. The molecule has 0 aliphatic carbocycles. The van der Waals surface area contributed by atoms with Gasteiger partial charge in [-0.2, -0.15) is 0 Å². The molecule has 1 heterocycles. The zero-order chi connectivity index (χ0) is 16.1. The maximum absolute atomic E-state index is 13.6. The van der Waals surface area contributed by atoms with Gasteiger partial charge in [-0.25, -0.2) is 4.39 Å². The average Bonchev–Trinajstić information content (AvgIpc) is 3.05. The lowest BCUT2D eigenvalue weighted by molar-refractivity contribution is -0.131. The van der Waals surface area contributed by atoms with Crippen LogP contribution < -0.4 is 10.1 Å². The molecule has 120 valence electrons. The summed E-state index contributed by atoms with van der Waals surface area (Å²) in [6.07, 6.45) is 1.15. The molecule has 0 aromatic heterocycles. The molecule has 0 spiro atoms. The molecule has 1 atom stereocenters. The van der Waals surface area contributed by atoms with Crippen LogP contribution in [0, 0.1) is 5.82 Å². The summed E-state index contributed by atoms with van der Waals surface area (Å²) in [7, 11) is 3.13. The zero-order valence-corrected chi connectivity index (χ0v) is 12.9. The van der Waals surface area contributed by atoms with Crippen LogP contribution in [0.4, 0.5) is 4.39 Å². The molecule has 5 nitrogen and oxygen atoms in total. The number of ketones is 1. The lowest BCUT2D eigenvalue weighted by atomic mass is 10.1. The number of Topliss-reactive ketones (excluding diaryl/α,β-unsaturated/α-hetero) is 1. The molecule has 1 aliphatic rings. The van der Waals surface area contributed by atoms with Crippen LogP contribution in [0.15, 0.2) is 18.2 Å². The van der Waals surface area contributed by atoms with Gasteiger partial charge >= 0.3 is 0 Å². The quantitative estimate of drug-likeness (QED) is 0.811. The summed E-state index contributed by atoms with van der Waals surface area (Å²) < 4.78 is 18.4. The molecule has 6 heteroatoms. The number of benzene rings is 1. The number of halogens is 1. The summed E-state index contributed by atoms with van der Waals surface area (Å²) >= 11 is 0. The Morgan fingerprint density at radius 2 is 2.18 bits per heavy atom. The van der Waals surface area contributed by atoms with Gasteiger partial charge < -0.3 is 15.0 Å². The molecule has 1 aromatic rings. The van der Waals surface area contributed by atoms with E-state index in [0.717, 1.165) is 25.6 Å². The second-order valence-corrected chi connectivity index (χ2v) is 5.42. The van der Waals surface area contributed by atoms with E-state index in [1.54, 1.807) is 11.9 Å². The number of ether oxygens (including phenoxy) is 1. The summed E-state index contributed by atoms with van der Waals surface area (Å²) in [5.41, 5.74) is 0.260. The largest absolute Gasteiger partial charge is 0.494 e. The van der Waals surface area contributed by atoms with E-state index >= 15 is 0 Å². The van der Waals surface area contributed by atoms with Crippen molar-refractivity contribution in [2.75, 3.05) is 27.2 Å². The number of hydrogen-bond donors (Lipinski definition) is 1. The fourth-order valence-corrected chi connectivity index (χ4v) is 2.55. The van der Waals surface area contributed by atoms with Crippen LogP contribution in [0.3, 0.4) is 0 Å². The molecular weight excluding hydrogens is 287 g/mol. The highest BCUT2D eigenvalue weighted by molar-refractivity contribution is 5.98. The van der Waals surface area contributed by atoms with Crippen LogP contribution in [0.1, 0.15) is 29.6 Å². The molecular formula is C16H21FN2O3. The minimum atomic E-state index is -0.575. The number of carbonyl (C=O) groups is 2. The molecule has 0 bridgehead atoms. The summed E-state index contributed by atoms with van der Waals surface area (Å²) in [5, 5.41) is 3.20. The lowest BCUT2D eigenvalue weighted by Crippen LogP contribution is -2.38. The van der Waals surface area contributed by atoms with E-state index < -0.39 is 5.82 Å². The van der Waals surface area contributed by atoms with Crippen molar-refractivity contribution < 1.29 is 18.7 Å². The highest BCUT2D eigenvalue weighted by Crippen LogP contribution is 2.19. The molecule has 1 N–H and O–H groups in total. The lowest BCUT2D eigenvalue weighted by Gasteiger charge is -2.23. The van der Waals surface area contributed by atoms with Gasteiger partial charge in [-0.3, -0.25) is 9.59 Å². The van der Waals surface area contributed by atoms with E-state index in [0.29, 0.717) is 0 Å². The Balaban J connectivity index is 1.89. The van der Waals surface area contributed by atoms with Gasteiger partial charge in [-0.1, -0.05) is 0 Å². The minimum Gasteiger partial charge on any atom is -0.494 e. The van der Waals surface area contributed by atoms with Crippen molar-refractivity contribution in [1.29, 1.82) is 0 Å². The van der Waals surface area contributed by atoms with Gasteiger partial charge in [-0.15, -0.1) is 0 Å². The van der Waals surface area contributed by atoms with Crippen molar-refractivity contribution in [1.82, 2.24) is 10.2 Å². The Kier molecular flexibility index (Phi) is 5.49. The first-order chi connectivity index (χ1) is 10.5. The second-order valence-electron chi connectivity index (χ2n) is 5.42. The minimum absolute atomic E-state index is 0.0592. The number of likely N-dealkylation sites (N-methyl/N-ethyl adjacent to an activating group) is 1. The van der Waals surface area contributed by atoms with Crippen LogP contribution in [0.2, 0.25) is 0 Å².